The van der Waals surface area contributed by atoms with Gasteiger partial charge in [0.05, 0.1) is 6.54 Å². The van der Waals surface area contributed by atoms with Crippen LogP contribution in [0.5, 0.6) is 0 Å². The highest BCUT2D eigenvalue weighted by Crippen LogP contribution is 1.86. The minimum absolute atomic E-state index is 0.382. The van der Waals surface area contributed by atoms with Crippen molar-refractivity contribution >= 4 is 6.29 Å². The van der Waals surface area contributed by atoms with Crippen LogP contribution in [0, 0.1) is 0 Å². The molecule has 0 aliphatic heterocycles. The summed E-state index contributed by atoms with van der Waals surface area (Å²) in [7, 11) is 0. The smallest absolute Gasteiger partial charge is 0.139 e. The van der Waals surface area contributed by atoms with E-state index in [1.807, 2.05) is 6.92 Å². The Labute approximate surface area is 49.6 Å². The third kappa shape index (κ3) is 3.40. The van der Waals surface area contributed by atoms with Gasteiger partial charge in [-0.15, -0.1) is 0 Å². The van der Waals surface area contributed by atoms with Crippen LogP contribution in [0.15, 0.2) is 12.3 Å². The van der Waals surface area contributed by atoms with Gasteiger partial charge in [-0.05, 0) is 6.42 Å². The van der Waals surface area contributed by atoms with Crippen LogP contribution in [0.4, 0.5) is 0 Å². The van der Waals surface area contributed by atoms with E-state index in [0.717, 1.165) is 18.4 Å². The predicted molar refractivity (Wildman–Crippen MR) is 33.5 cm³/mol. The van der Waals surface area contributed by atoms with E-state index in [2.05, 4.69) is 11.9 Å². The quantitative estimate of drug-likeness (QED) is 0.544. The maximum Gasteiger partial charge on any atom is 0.139 e. The van der Waals surface area contributed by atoms with Crippen LogP contribution in [0.1, 0.15) is 13.3 Å². The Morgan fingerprint density at radius 3 is 2.88 bits per heavy atom. The van der Waals surface area contributed by atoms with Crippen molar-refractivity contribution < 1.29 is 4.79 Å². The Kier molecular flexibility index (Phi) is 3.94. The molecule has 0 rings (SSSR count). The summed E-state index contributed by atoms with van der Waals surface area (Å²) in [6.07, 6.45) is 1.70. The number of nitrogens with one attached hydrogen (secondary N) is 1. The second-order valence-electron chi connectivity index (χ2n) is 1.50. The topological polar surface area (TPSA) is 29.1 Å². The predicted octanol–water partition coefficient (Wildman–Crippen LogP) is 0.699. The largest absolute Gasteiger partial charge is 0.382 e. The van der Waals surface area contributed by atoms with Gasteiger partial charge in [0.25, 0.3) is 0 Å². The average Bonchev–Trinajstić information content (AvgIpc) is 1.83. The van der Waals surface area contributed by atoms with Crippen molar-refractivity contribution in [2.75, 3.05) is 6.54 Å². The summed E-state index contributed by atoms with van der Waals surface area (Å²) in [6.45, 7) is 6.01. The number of hydrogen-bond acceptors (Lipinski definition) is 2. The molecule has 0 aromatic rings. The summed E-state index contributed by atoms with van der Waals surface area (Å²) in [5.41, 5.74) is 0.914. The molecule has 0 fully saturated rings. The van der Waals surface area contributed by atoms with Crippen LogP contribution in [0.3, 0.4) is 0 Å². The highest BCUT2D eigenvalue weighted by Gasteiger charge is 1.83. The number of rotatable bonds is 4. The summed E-state index contributed by atoms with van der Waals surface area (Å²) < 4.78 is 0. The van der Waals surface area contributed by atoms with E-state index in [1.54, 1.807) is 0 Å². The third-order valence-electron chi connectivity index (χ3n) is 0.862. The summed E-state index contributed by atoms with van der Waals surface area (Å²) >= 11 is 0. The van der Waals surface area contributed by atoms with Crippen LogP contribution in [0.25, 0.3) is 0 Å². The molecule has 0 amide bonds. The zero-order chi connectivity index (χ0) is 6.41. The monoisotopic (exact) mass is 113 g/mol. The first-order valence-electron chi connectivity index (χ1n) is 2.66. The van der Waals surface area contributed by atoms with E-state index >= 15 is 0 Å². The van der Waals surface area contributed by atoms with Gasteiger partial charge in [-0.3, -0.25) is 0 Å². The van der Waals surface area contributed by atoms with Crippen LogP contribution in [-0.2, 0) is 4.79 Å². The van der Waals surface area contributed by atoms with Crippen LogP contribution >= 0.6 is 0 Å². The van der Waals surface area contributed by atoms with Crippen molar-refractivity contribution in [3.63, 3.8) is 0 Å². The van der Waals surface area contributed by atoms with Gasteiger partial charge in [-0.1, -0.05) is 13.5 Å². The Bertz CT molecular complexity index is 88.5. The molecule has 2 heteroatoms. The van der Waals surface area contributed by atoms with E-state index < -0.39 is 0 Å². The highest BCUT2D eigenvalue weighted by molar-refractivity contribution is 5.52. The third-order valence-corrected chi connectivity index (χ3v) is 0.862. The van der Waals surface area contributed by atoms with E-state index in [1.165, 1.54) is 0 Å². The van der Waals surface area contributed by atoms with Gasteiger partial charge in [0.15, 0.2) is 0 Å². The van der Waals surface area contributed by atoms with Crippen molar-refractivity contribution in [3.05, 3.63) is 12.3 Å². The number of allylic oxidation sites excluding steroid dienone is 1. The molecule has 8 heavy (non-hydrogen) atoms. The van der Waals surface area contributed by atoms with Gasteiger partial charge in [-0.25, -0.2) is 0 Å². The van der Waals surface area contributed by atoms with Crippen molar-refractivity contribution in [1.29, 1.82) is 0 Å². The standard InChI is InChI=1S/C6H11NO/c1-3-6(2)7-4-5-8/h5,7H,2-4H2,1H3. The van der Waals surface area contributed by atoms with Crippen LogP contribution < -0.4 is 5.32 Å². The van der Waals surface area contributed by atoms with Gasteiger partial charge in [0.2, 0.25) is 0 Å². The minimum atomic E-state index is 0.382. The van der Waals surface area contributed by atoms with E-state index in [0.29, 0.717) is 6.54 Å². The first-order chi connectivity index (χ1) is 3.81. The molecule has 46 valence electrons. The molecular weight excluding hydrogens is 102 g/mol. The Balaban J connectivity index is 3.11. The molecule has 0 aromatic carbocycles. The summed E-state index contributed by atoms with van der Waals surface area (Å²) in [5, 5.41) is 2.82. The second-order valence-corrected chi connectivity index (χ2v) is 1.50. The SMILES string of the molecule is C=C(CC)NCC=O. The molecule has 0 saturated carbocycles. The van der Waals surface area contributed by atoms with Gasteiger partial charge in [0, 0.05) is 5.70 Å². The maximum atomic E-state index is 9.72. The van der Waals surface area contributed by atoms with E-state index in [9.17, 15) is 4.79 Å². The maximum absolute atomic E-state index is 9.72. The highest BCUT2D eigenvalue weighted by atomic mass is 16.1. The lowest BCUT2D eigenvalue weighted by Gasteiger charge is -1.99. The summed E-state index contributed by atoms with van der Waals surface area (Å²) in [5.74, 6) is 0. The lowest BCUT2D eigenvalue weighted by atomic mass is 10.4. The molecule has 0 aliphatic carbocycles. The van der Waals surface area contributed by atoms with Crippen molar-refractivity contribution in [2.45, 2.75) is 13.3 Å². The number of carbonyl (C=O) groups excluding carboxylic acids is 1. The molecule has 2 nitrogen and oxygen atoms in total. The summed E-state index contributed by atoms with van der Waals surface area (Å²) in [6, 6.07) is 0. The molecule has 0 spiro atoms. The zero-order valence-corrected chi connectivity index (χ0v) is 5.11. The molecule has 0 saturated heterocycles. The number of aldehydes is 1. The molecule has 1 N–H and O–H groups in total. The normalized spacial score (nSPS) is 8.12. The van der Waals surface area contributed by atoms with Crippen LogP contribution in [-0.4, -0.2) is 12.8 Å². The molecule has 0 heterocycles. The fraction of sp³-hybridized carbons (Fsp3) is 0.500. The lowest BCUT2D eigenvalue weighted by Crippen LogP contribution is -2.13. The van der Waals surface area contributed by atoms with Gasteiger partial charge >= 0.3 is 0 Å². The Morgan fingerprint density at radius 2 is 2.50 bits per heavy atom. The summed E-state index contributed by atoms with van der Waals surface area (Å²) in [4.78, 5) is 9.72. The second kappa shape index (κ2) is 4.37. The fourth-order valence-corrected chi connectivity index (χ4v) is 0.311. The molecule has 0 atom stereocenters. The van der Waals surface area contributed by atoms with Crippen molar-refractivity contribution in [1.82, 2.24) is 5.32 Å². The van der Waals surface area contributed by atoms with Crippen molar-refractivity contribution in [2.24, 2.45) is 0 Å². The van der Waals surface area contributed by atoms with E-state index in [-0.39, 0.29) is 0 Å². The number of carbonyl (C=O) groups is 1. The average molecular weight is 113 g/mol. The molecule has 0 aliphatic rings. The molecule has 0 aromatic heterocycles. The minimum Gasteiger partial charge on any atom is -0.382 e. The van der Waals surface area contributed by atoms with Crippen LogP contribution in [0.2, 0.25) is 0 Å². The first kappa shape index (κ1) is 7.21. The first-order valence-corrected chi connectivity index (χ1v) is 2.66. The number of hydrogen-bond donors (Lipinski definition) is 1. The fourth-order valence-electron chi connectivity index (χ4n) is 0.311. The lowest BCUT2D eigenvalue weighted by molar-refractivity contribution is -0.107. The van der Waals surface area contributed by atoms with Crippen molar-refractivity contribution in [3.8, 4) is 0 Å². The molecule has 0 unspecified atom stereocenters. The Morgan fingerprint density at radius 1 is 1.88 bits per heavy atom. The molecule has 0 radical (unpaired) electrons. The van der Waals surface area contributed by atoms with Gasteiger partial charge < -0.3 is 10.1 Å². The zero-order valence-electron chi connectivity index (χ0n) is 5.11. The Hall–Kier alpha value is -0.790. The molecular formula is C6H11NO. The molecule has 0 bridgehead atoms. The van der Waals surface area contributed by atoms with E-state index in [4.69, 9.17) is 0 Å². The van der Waals surface area contributed by atoms with Gasteiger partial charge in [0.1, 0.15) is 6.29 Å². The van der Waals surface area contributed by atoms with Gasteiger partial charge in [-0.2, -0.15) is 0 Å².